The van der Waals surface area contributed by atoms with E-state index in [1.165, 1.54) is 0 Å². The summed E-state index contributed by atoms with van der Waals surface area (Å²) in [5, 5.41) is 6.52. The summed E-state index contributed by atoms with van der Waals surface area (Å²) in [5.41, 5.74) is 2.39. The van der Waals surface area contributed by atoms with Crippen molar-refractivity contribution < 1.29 is 9.59 Å². The summed E-state index contributed by atoms with van der Waals surface area (Å²) >= 11 is 0. The van der Waals surface area contributed by atoms with E-state index in [-0.39, 0.29) is 17.9 Å². The molecule has 1 fully saturated rings. The third kappa shape index (κ3) is 1.29. The number of amides is 2. The largest absolute Gasteiger partial charge is 0.359 e. The van der Waals surface area contributed by atoms with Gasteiger partial charge in [-0.2, -0.15) is 0 Å². The first-order chi connectivity index (χ1) is 11.1. The van der Waals surface area contributed by atoms with Gasteiger partial charge in [-0.1, -0.05) is 30.3 Å². The molecule has 0 radical (unpaired) electrons. The molecule has 0 aromatic heterocycles. The van der Waals surface area contributed by atoms with Gasteiger partial charge in [0.25, 0.3) is 5.91 Å². The summed E-state index contributed by atoms with van der Waals surface area (Å²) in [5.74, 6) is -0.490. The van der Waals surface area contributed by atoms with Crippen LogP contribution in [0.1, 0.15) is 28.8 Å². The minimum Gasteiger partial charge on any atom is -0.359 e. The van der Waals surface area contributed by atoms with Gasteiger partial charge in [-0.25, -0.2) is 0 Å². The zero-order valence-corrected chi connectivity index (χ0v) is 12.5. The van der Waals surface area contributed by atoms with Crippen molar-refractivity contribution in [2.24, 2.45) is 0 Å². The van der Waals surface area contributed by atoms with Crippen LogP contribution >= 0.6 is 0 Å². The molecular weight excluding hydrogens is 290 g/mol. The standard InChI is InChI=1S/C18H15N3O2/c1-10-18-15(16(22)19-10)12-7-3-5-9-14(12)21(18)17(23)11-6-2-4-8-13(11)20-18/h2-10,15,20H,1H3,(H,19,22)/t10-,15+,18-/m0/s1. The maximum atomic E-state index is 13.2. The van der Waals surface area contributed by atoms with Gasteiger partial charge in [0.2, 0.25) is 5.91 Å². The van der Waals surface area contributed by atoms with Crippen molar-refractivity contribution in [3.05, 3.63) is 59.7 Å². The van der Waals surface area contributed by atoms with Crippen LogP contribution in [0.15, 0.2) is 48.5 Å². The molecular formula is C18H15N3O2. The molecule has 1 spiro atoms. The highest BCUT2D eigenvalue weighted by molar-refractivity contribution is 6.17. The highest BCUT2D eigenvalue weighted by Gasteiger charge is 2.66. The van der Waals surface area contributed by atoms with Crippen molar-refractivity contribution in [3.63, 3.8) is 0 Å². The fraction of sp³-hybridized carbons (Fsp3) is 0.222. The minimum atomic E-state index is -0.772. The molecule has 3 aliphatic heterocycles. The molecule has 2 N–H and O–H groups in total. The van der Waals surface area contributed by atoms with Crippen LogP contribution in [0.25, 0.3) is 0 Å². The van der Waals surface area contributed by atoms with E-state index in [2.05, 4.69) is 10.6 Å². The molecule has 3 heterocycles. The van der Waals surface area contributed by atoms with Crippen molar-refractivity contribution >= 4 is 23.2 Å². The number of para-hydroxylation sites is 2. The predicted molar refractivity (Wildman–Crippen MR) is 86.4 cm³/mol. The quantitative estimate of drug-likeness (QED) is 0.783. The van der Waals surface area contributed by atoms with Crippen molar-refractivity contribution in [2.75, 3.05) is 10.2 Å². The van der Waals surface area contributed by atoms with Crippen LogP contribution in [-0.2, 0) is 4.79 Å². The first-order valence-electron chi connectivity index (χ1n) is 7.75. The molecule has 23 heavy (non-hydrogen) atoms. The maximum absolute atomic E-state index is 13.2. The zero-order chi connectivity index (χ0) is 15.8. The molecule has 114 valence electrons. The summed E-state index contributed by atoms with van der Waals surface area (Å²) in [4.78, 5) is 27.6. The summed E-state index contributed by atoms with van der Waals surface area (Å²) in [6.45, 7) is 1.95. The van der Waals surface area contributed by atoms with Crippen LogP contribution in [0.3, 0.4) is 0 Å². The molecule has 2 amide bonds. The van der Waals surface area contributed by atoms with E-state index >= 15 is 0 Å². The maximum Gasteiger partial charge on any atom is 0.262 e. The number of nitrogens with zero attached hydrogens (tertiary/aromatic N) is 1. The lowest BCUT2D eigenvalue weighted by atomic mass is 9.86. The fourth-order valence-corrected chi connectivity index (χ4v) is 4.32. The van der Waals surface area contributed by atoms with Crippen LogP contribution in [-0.4, -0.2) is 23.5 Å². The Hall–Kier alpha value is -2.82. The average molecular weight is 305 g/mol. The Morgan fingerprint density at radius 2 is 1.78 bits per heavy atom. The normalized spacial score (nSPS) is 30.0. The van der Waals surface area contributed by atoms with Gasteiger partial charge < -0.3 is 10.6 Å². The summed E-state index contributed by atoms with van der Waals surface area (Å²) in [6, 6.07) is 15.0. The fourth-order valence-electron chi connectivity index (χ4n) is 4.32. The van der Waals surface area contributed by atoms with E-state index in [1.807, 2.05) is 55.5 Å². The lowest BCUT2D eigenvalue weighted by Gasteiger charge is -2.45. The third-order valence-corrected chi connectivity index (χ3v) is 5.28. The van der Waals surface area contributed by atoms with Crippen LogP contribution in [0.2, 0.25) is 0 Å². The zero-order valence-electron chi connectivity index (χ0n) is 12.5. The van der Waals surface area contributed by atoms with Crippen molar-refractivity contribution in [3.8, 4) is 0 Å². The second-order valence-electron chi connectivity index (χ2n) is 6.36. The van der Waals surface area contributed by atoms with E-state index < -0.39 is 11.6 Å². The number of benzene rings is 2. The SMILES string of the molecule is C[C@@H]1NC(=O)[C@H]2c3ccccc3N3C(=O)c4ccccc4N[C@]123. The van der Waals surface area contributed by atoms with Gasteiger partial charge in [0.15, 0.2) is 5.66 Å². The Labute approximate surface area is 133 Å². The molecule has 1 saturated heterocycles. The van der Waals surface area contributed by atoms with E-state index in [4.69, 9.17) is 0 Å². The second-order valence-corrected chi connectivity index (χ2v) is 6.36. The average Bonchev–Trinajstić information content (AvgIpc) is 2.98. The molecule has 5 heteroatoms. The molecule has 5 rings (SSSR count). The Morgan fingerprint density at radius 1 is 1.04 bits per heavy atom. The molecule has 5 nitrogen and oxygen atoms in total. The number of anilines is 2. The number of fused-ring (bicyclic) bond motifs is 4. The van der Waals surface area contributed by atoms with Gasteiger partial charge in [0.1, 0.15) is 5.92 Å². The van der Waals surface area contributed by atoms with Crippen molar-refractivity contribution in [2.45, 2.75) is 24.5 Å². The van der Waals surface area contributed by atoms with E-state index in [0.717, 1.165) is 16.9 Å². The Kier molecular flexibility index (Phi) is 2.17. The lowest BCUT2D eigenvalue weighted by Crippen LogP contribution is -2.64. The molecule has 2 aromatic rings. The molecule has 3 aliphatic rings. The number of carbonyl (C=O) groups is 2. The van der Waals surface area contributed by atoms with E-state index in [0.29, 0.717) is 5.56 Å². The number of rotatable bonds is 0. The number of hydrogen-bond acceptors (Lipinski definition) is 3. The van der Waals surface area contributed by atoms with Crippen molar-refractivity contribution in [1.82, 2.24) is 5.32 Å². The molecule has 0 unspecified atom stereocenters. The van der Waals surface area contributed by atoms with Gasteiger partial charge in [-0.3, -0.25) is 14.5 Å². The first kappa shape index (κ1) is 12.7. The highest BCUT2D eigenvalue weighted by Crippen LogP contribution is 2.55. The summed E-state index contributed by atoms with van der Waals surface area (Å²) in [7, 11) is 0. The minimum absolute atomic E-state index is 0.0351. The third-order valence-electron chi connectivity index (χ3n) is 5.28. The van der Waals surface area contributed by atoms with Gasteiger partial charge >= 0.3 is 0 Å². The number of carbonyl (C=O) groups excluding carboxylic acids is 2. The number of hydrogen-bond donors (Lipinski definition) is 2. The first-order valence-corrected chi connectivity index (χ1v) is 7.75. The lowest BCUT2D eigenvalue weighted by molar-refractivity contribution is -0.120. The van der Waals surface area contributed by atoms with E-state index in [9.17, 15) is 9.59 Å². The second kappa shape index (κ2) is 3.93. The summed E-state index contributed by atoms with van der Waals surface area (Å²) in [6.07, 6.45) is 0. The predicted octanol–water partition coefficient (Wildman–Crippen LogP) is 2.07. The van der Waals surface area contributed by atoms with Gasteiger partial charge in [-0.15, -0.1) is 0 Å². The van der Waals surface area contributed by atoms with E-state index in [1.54, 1.807) is 4.90 Å². The molecule has 0 saturated carbocycles. The molecule has 2 aromatic carbocycles. The smallest absolute Gasteiger partial charge is 0.262 e. The Morgan fingerprint density at radius 3 is 2.65 bits per heavy atom. The highest BCUT2D eigenvalue weighted by atomic mass is 16.2. The van der Waals surface area contributed by atoms with Crippen LogP contribution in [0.4, 0.5) is 11.4 Å². The summed E-state index contributed by atoms with van der Waals surface area (Å²) < 4.78 is 0. The Balaban J connectivity index is 1.84. The molecule has 3 atom stereocenters. The Bertz CT molecular complexity index is 878. The number of nitrogens with one attached hydrogen (secondary N) is 2. The monoisotopic (exact) mass is 305 g/mol. The van der Waals surface area contributed by atoms with Crippen LogP contribution < -0.4 is 15.5 Å². The van der Waals surface area contributed by atoms with Crippen LogP contribution in [0, 0.1) is 0 Å². The van der Waals surface area contributed by atoms with Crippen LogP contribution in [0.5, 0.6) is 0 Å². The van der Waals surface area contributed by atoms with Gasteiger partial charge in [0.05, 0.1) is 17.3 Å². The van der Waals surface area contributed by atoms with Gasteiger partial charge in [-0.05, 0) is 30.7 Å². The molecule has 0 bridgehead atoms. The van der Waals surface area contributed by atoms with Gasteiger partial charge in [0, 0.05) is 5.69 Å². The molecule has 0 aliphatic carbocycles. The van der Waals surface area contributed by atoms with Crippen molar-refractivity contribution in [1.29, 1.82) is 0 Å². The topological polar surface area (TPSA) is 61.4 Å².